The van der Waals surface area contributed by atoms with Crippen LogP contribution in [0.3, 0.4) is 0 Å². The topological polar surface area (TPSA) is 47.6 Å². The van der Waals surface area contributed by atoms with Gasteiger partial charge < -0.3 is 14.8 Å². The Morgan fingerprint density at radius 3 is 2.23 bits per heavy atom. The number of carbonyl (C=O) groups is 1. The number of nitrogens with one attached hydrogen (secondary N) is 1. The van der Waals surface area contributed by atoms with Crippen molar-refractivity contribution in [3.63, 3.8) is 0 Å². The average molecular weight is 468 g/mol. The van der Waals surface area contributed by atoms with E-state index in [0.29, 0.717) is 23.5 Å². The molecule has 1 atom stereocenters. The number of anilines is 1. The summed E-state index contributed by atoms with van der Waals surface area (Å²) in [6, 6.07) is 19.2. The smallest absolute Gasteiger partial charge is 0.165 e. The molecule has 1 N–H and O–H groups in total. The molecule has 30 heavy (non-hydrogen) atoms. The van der Waals surface area contributed by atoms with E-state index in [1.807, 2.05) is 48.5 Å². The Morgan fingerprint density at radius 1 is 0.900 bits per heavy atom. The number of benzene rings is 3. The van der Waals surface area contributed by atoms with Crippen molar-refractivity contribution in [2.75, 3.05) is 19.5 Å². The van der Waals surface area contributed by atoms with Crippen LogP contribution in [-0.4, -0.2) is 20.0 Å². The highest BCUT2D eigenvalue weighted by Gasteiger charge is 2.19. The SMILES string of the molecule is COc1ccc(C(CC(=O)c2ccc(Br)cc2)Nc2ccc(C)c(C)c2)cc1OC. The zero-order valence-electron chi connectivity index (χ0n) is 17.7. The second-order valence-corrected chi connectivity index (χ2v) is 8.16. The van der Waals surface area contributed by atoms with Crippen LogP contribution in [0.2, 0.25) is 0 Å². The monoisotopic (exact) mass is 467 g/mol. The summed E-state index contributed by atoms with van der Waals surface area (Å²) in [6.45, 7) is 4.17. The van der Waals surface area contributed by atoms with Gasteiger partial charge in [-0.25, -0.2) is 0 Å². The van der Waals surface area contributed by atoms with E-state index in [9.17, 15) is 4.79 Å². The lowest BCUT2D eigenvalue weighted by atomic mass is 9.97. The first-order chi connectivity index (χ1) is 14.4. The van der Waals surface area contributed by atoms with Crippen LogP contribution >= 0.6 is 15.9 Å². The van der Waals surface area contributed by atoms with Gasteiger partial charge in [-0.3, -0.25) is 4.79 Å². The van der Waals surface area contributed by atoms with E-state index in [1.165, 1.54) is 11.1 Å². The summed E-state index contributed by atoms with van der Waals surface area (Å²) in [6.07, 6.45) is 0.310. The number of hydrogen-bond donors (Lipinski definition) is 1. The average Bonchev–Trinajstić information content (AvgIpc) is 2.75. The third-order valence-electron chi connectivity index (χ3n) is 5.21. The van der Waals surface area contributed by atoms with Gasteiger partial charge in [0, 0.05) is 22.1 Å². The fourth-order valence-corrected chi connectivity index (χ4v) is 3.56. The normalized spacial score (nSPS) is 11.6. The third-order valence-corrected chi connectivity index (χ3v) is 5.74. The maximum absolute atomic E-state index is 13.0. The molecule has 0 aromatic heterocycles. The van der Waals surface area contributed by atoms with E-state index in [0.717, 1.165) is 15.7 Å². The van der Waals surface area contributed by atoms with E-state index < -0.39 is 0 Å². The Bertz CT molecular complexity index is 1030. The van der Waals surface area contributed by atoms with Crippen molar-refractivity contribution >= 4 is 27.4 Å². The van der Waals surface area contributed by atoms with Crippen molar-refractivity contribution in [1.29, 1.82) is 0 Å². The van der Waals surface area contributed by atoms with Crippen molar-refractivity contribution in [3.8, 4) is 11.5 Å². The van der Waals surface area contributed by atoms with Crippen molar-refractivity contribution in [3.05, 3.63) is 87.4 Å². The van der Waals surface area contributed by atoms with Gasteiger partial charge in [-0.2, -0.15) is 0 Å². The maximum Gasteiger partial charge on any atom is 0.165 e. The second kappa shape index (κ2) is 9.81. The quantitative estimate of drug-likeness (QED) is 0.383. The second-order valence-electron chi connectivity index (χ2n) is 7.24. The Hall–Kier alpha value is -2.79. The van der Waals surface area contributed by atoms with Crippen LogP contribution in [0.4, 0.5) is 5.69 Å². The van der Waals surface area contributed by atoms with Gasteiger partial charge in [-0.15, -0.1) is 0 Å². The Morgan fingerprint density at radius 2 is 1.60 bits per heavy atom. The molecule has 0 aliphatic heterocycles. The molecule has 0 heterocycles. The van der Waals surface area contributed by atoms with E-state index in [4.69, 9.17) is 9.47 Å². The number of halogens is 1. The first-order valence-corrected chi connectivity index (χ1v) is 10.5. The first-order valence-electron chi connectivity index (χ1n) is 9.75. The lowest BCUT2D eigenvalue weighted by Crippen LogP contribution is -2.16. The lowest BCUT2D eigenvalue weighted by Gasteiger charge is -2.22. The number of ether oxygens (including phenoxy) is 2. The first kappa shape index (κ1) is 21.9. The van der Waals surface area contributed by atoms with Gasteiger partial charge in [-0.1, -0.05) is 40.2 Å². The largest absolute Gasteiger partial charge is 0.493 e. The Kier molecular flexibility index (Phi) is 7.16. The van der Waals surface area contributed by atoms with Gasteiger partial charge in [-0.05, 0) is 66.9 Å². The molecule has 3 aromatic rings. The highest BCUT2D eigenvalue weighted by Crippen LogP contribution is 2.33. The predicted molar refractivity (Wildman–Crippen MR) is 125 cm³/mol. The fourth-order valence-electron chi connectivity index (χ4n) is 3.29. The zero-order chi connectivity index (χ0) is 21.7. The minimum Gasteiger partial charge on any atom is -0.493 e. The molecule has 0 spiro atoms. The fraction of sp³-hybridized carbons (Fsp3) is 0.240. The highest BCUT2D eigenvalue weighted by molar-refractivity contribution is 9.10. The van der Waals surface area contributed by atoms with Gasteiger partial charge in [0.2, 0.25) is 0 Å². The molecule has 0 saturated carbocycles. The summed E-state index contributed by atoms with van der Waals surface area (Å²) in [5, 5.41) is 3.54. The van der Waals surface area contributed by atoms with Crippen LogP contribution in [-0.2, 0) is 0 Å². The summed E-state index contributed by atoms with van der Waals surface area (Å²) >= 11 is 3.42. The molecule has 0 bridgehead atoms. The lowest BCUT2D eigenvalue weighted by molar-refractivity contribution is 0.0976. The number of methoxy groups -OCH3 is 2. The van der Waals surface area contributed by atoms with Gasteiger partial charge in [0.25, 0.3) is 0 Å². The number of aryl methyl sites for hydroxylation is 2. The number of carbonyl (C=O) groups excluding carboxylic acids is 1. The van der Waals surface area contributed by atoms with Crippen molar-refractivity contribution in [2.45, 2.75) is 26.3 Å². The van der Waals surface area contributed by atoms with E-state index in [1.54, 1.807) is 14.2 Å². The van der Waals surface area contributed by atoms with E-state index in [2.05, 4.69) is 47.2 Å². The summed E-state index contributed by atoms with van der Waals surface area (Å²) in [4.78, 5) is 13.0. The number of hydrogen-bond acceptors (Lipinski definition) is 4. The minimum absolute atomic E-state index is 0.0682. The van der Waals surface area contributed by atoms with Crippen LogP contribution in [0.15, 0.2) is 65.1 Å². The van der Waals surface area contributed by atoms with Crippen LogP contribution in [0.25, 0.3) is 0 Å². The minimum atomic E-state index is -0.219. The van der Waals surface area contributed by atoms with Gasteiger partial charge in [0.05, 0.1) is 20.3 Å². The van der Waals surface area contributed by atoms with Crippen LogP contribution in [0.1, 0.15) is 39.5 Å². The molecule has 1 unspecified atom stereocenters. The number of rotatable bonds is 8. The molecule has 0 fully saturated rings. The molecule has 0 radical (unpaired) electrons. The molecule has 0 aliphatic carbocycles. The van der Waals surface area contributed by atoms with Crippen LogP contribution in [0, 0.1) is 13.8 Å². The molecule has 5 heteroatoms. The van der Waals surface area contributed by atoms with E-state index >= 15 is 0 Å². The molecule has 156 valence electrons. The van der Waals surface area contributed by atoms with Crippen molar-refractivity contribution in [2.24, 2.45) is 0 Å². The standard InChI is InChI=1S/C25H26BrNO3/c1-16-5-11-21(13-17(16)2)27-22(15-23(28)18-6-9-20(26)10-7-18)19-8-12-24(29-3)25(14-19)30-4/h5-14,22,27H,15H2,1-4H3. The van der Waals surface area contributed by atoms with Gasteiger partial charge >= 0.3 is 0 Å². The van der Waals surface area contributed by atoms with E-state index in [-0.39, 0.29) is 11.8 Å². The molecule has 4 nitrogen and oxygen atoms in total. The molecule has 0 amide bonds. The molecule has 0 saturated heterocycles. The molecular weight excluding hydrogens is 442 g/mol. The van der Waals surface area contributed by atoms with Gasteiger partial charge in [0.1, 0.15) is 0 Å². The molecule has 3 rings (SSSR count). The Balaban J connectivity index is 1.94. The van der Waals surface area contributed by atoms with Gasteiger partial charge in [0.15, 0.2) is 17.3 Å². The summed E-state index contributed by atoms with van der Waals surface area (Å²) in [5.74, 6) is 1.36. The molecule has 0 aliphatic rings. The summed E-state index contributed by atoms with van der Waals surface area (Å²) in [5.41, 5.74) is 5.04. The number of Topliss-reactive ketones (excluding diaryl/α,β-unsaturated/α-hetero) is 1. The summed E-state index contributed by atoms with van der Waals surface area (Å²) in [7, 11) is 3.22. The number of ketones is 1. The maximum atomic E-state index is 13.0. The predicted octanol–water partition coefficient (Wildman–Crippen LogP) is 6.51. The van der Waals surface area contributed by atoms with Crippen molar-refractivity contribution in [1.82, 2.24) is 0 Å². The zero-order valence-corrected chi connectivity index (χ0v) is 19.2. The highest BCUT2D eigenvalue weighted by atomic mass is 79.9. The van der Waals surface area contributed by atoms with Crippen LogP contribution < -0.4 is 14.8 Å². The summed E-state index contributed by atoms with van der Waals surface area (Å²) < 4.78 is 11.8. The Labute approximate surface area is 186 Å². The third kappa shape index (κ3) is 5.22. The molecule has 3 aromatic carbocycles. The molecular formula is C25H26BrNO3. The van der Waals surface area contributed by atoms with Crippen LogP contribution in [0.5, 0.6) is 11.5 Å². The van der Waals surface area contributed by atoms with Crippen molar-refractivity contribution < 1.29 is 14.3 Å².